The Bertz CT molecular complexity index is 602. The molecule has 0 atom stereocenters. The van der Waals surface area contributed by atoms with Gasteiger partial charge in [-0.2, -0.15) is 5.10 Å². The van der Waals surface area contributed by atoms with E-state index >= 15 is 0 Å². The van der Waals surface area contributed by atoms with Crippen LogP contribution in [0.15, 0.2) is 18.2 Å². The molecule has 2 aromatic rings. The predicted octanol–water partition coefficient (Wildman–Crippen LogP) is 2.89. The minimum absolute atomic E-state index is 0.313. The molecule has 20 heavy (non-hydrogen) atoms. The maximum atomic E-state index is 13.1. The molecule has 106 valence electrons. The molecular weight excluding hydrogens is 262 g/mol. The van der Waals surface area contributed by atoms with E-state index in [9.17, 15) is 8.78 Å². The second kappa shape index (κ2) is 6.36. The average molecular weight is 278 g/mol. The molecule has 0 bridgehead atoms. The maximum Gasteiger partial charge on any atom is 0.243 e. The summed E-state index contributed by atoms with van der Waals surface area (Å²) >= 11 is 0. The monoisotopic (exact) mass is 278 g/mol. The molecule has 0 aliphatic carbocycles. The van der Waals surface area contributed by atoms with Crippen molar-refractivity contribution in [2.75, 3.05) is 5.32 Å². The molecule has 0 saturated heterocycles. The fraction of sp³-hybridized carbons (Fsp3) is 0.357. The molecule has 4 nitrogen and oxygen atoms in total. The van der Waals surface area contributed by atoms with Crippen molar-refractivity contribution >= 4 is 5.95 Å². The molecule has 1 aromatic heterocycles. The minimum atomic E-state index is -0.862. The van der Waals surface area contributed by atoms with Crippen LogP contribution in [0.1, 0.15) is 30.8 Å². The Morgan fingerprint density at radius 2 is 1.75 bits per heavy atom. The van der Waals surface area contributed by atoms with Crippen molar-refractivity contribution in [3.8, 4) is 0 Å². The number of aryl methyl sites for hydroxylation is 2. The average Bonchev–Trinajstić information content (AvgIpc) is 2.48. The first-order chi connectivity index (χ1) is 9.63. The smallest absolute Gasteiger partial charge is 0.243 e. The lowest BCUT2D eigenvalue weighted by atomic mass is 10.2. The molecule has 0 amide bonds. The van der Waals surface area contributed by atoms with E-state index < -0.39 is 11.6 Å². The van der Waals surface area contributed by atoms with E-state index in [1.807, 2.05) is 13.8 Å². The van der Waals surface area contributed by atoms with Crippen LogP contribution in [0.5, 0.6) is 0 Å². The van der Waals surface area contributed by atoms with Crippen LogP contribution in [-0.4, -0.2) is 15.2 Å². The third-order valence-electron chi connectivity index (χ3n) is 2.94. The first-order valence-electron chi connectivity index (χ1n) is 6.54. The van der Waals surface area contributed by atoms with Crippen LogP contribution in [0.2, 0.25) is 0 Å². The van der Waals surface area contributed by atoms with E-state index in [-0.39, 0.29) is 0 Å². The molecular formula is C14H16F2N4. The van der Waals surface area contributed by atoms with Gasteiger partial charge in [0, 0.05) is 6.54 Å². The summed E-state index contributed by atoms with van der Waals surface area (Å²) in [7, 11) is 0. The SMILES string of the molecule is CCc1nnc(NCc2ccc(F)c(F)c2)nc1CC. The Morgan fingerprint density at radius 3 is 2.40 bits per heavy atom. The fourth-order valence-corrected chi connectivity index (χ4v) is 1.84. The van der Waals surface area contributed by atoms with Gasteiger partial charge in [-0.05, 0) is 30.5 Å². The van der Waals surface area contributed by atoms with Gasteiger partial charge in [0.2, 0.25) is 5.95 Å². The summed E-state index contributed by atoms with van der Waals surface area (Å²) in [6, 6.07) is 3.76. The van der Waals surface area contributed by atoms with Crippen LogP contribution in [0.4, 0.5) is 14.7 Å². The number of hydrogen-bond acceptors (Lipinski definition) is 4. The standard InChI is InChI=1S/C14H16F2N4/c1-3-12-13(4-2)19-20-14(18-12)17-8-9-5-6-10(15)11(16)7-9/h5-7H,3-4,8H2,1-2H3,(H,17,18,20). The molecule has 1 heterocycles. The van der Waals surface area contributed by atoms with Gasteiger partial charge < -0.3 is 5.32 Å². The topological polar surface area (TPSA) is 50.7 Å². The van der Waals surface area contributed by atoms with Crippen LogP contribution in [0.3, 0.4) is 0 Å². The van der Waals surface area contributed by atoms with Crippen LogP contribution >= 0.6 is 0 Å². The zero-order chi connectivity index (χ0) is 14.5. The van der Waals surface area contributed by atoms with E-state index in [1.54, 1.807) is 0 Å². The summed E-state index contributed by atoms with van der Waals surface area (Å²) in [5, 5.41) is 11.0. The van der Waals surface area contributed by atoms with E-state index in [0.717, 1.165) is 36.4 Å². The molecule has 6 heteroatoms. The number of nitrogens with one attached hydrogen (secondary N) is 1. The zero-order valence-corrected chi connectivity index (χ0v) is 11.5. The Kier molecular flexibility index (Phi) is 4.55. The Hall–Kier alpha value is -2.11. The van der Waals surface area contributed by atoms with E-state index in [2.05, 4.69) is 20.5 Å². The first kappa shape index (κ1) is 14.3. The highest BCUT2D eigenvalue weighted by Gasteiger charge is 2.07. The Morgan fingerprint density at radius 1 is 1.00 bits per heavy atom. The fourth-order valence-electron chi connectivity index (χ4n) is 1.84. The summed E-state index contributed by atoms with van der Waals surface area (Å²) in [6.07, 6.45) is 1.56. The highest BCUT2D eigenvalue weighted by Crippen LogP contribution is 2.11. The molecule has 1 N–H and O–H groups in total. The third kappa shape index (κ3) is 3.26. The quantitative estimate of drug-likeness (QED) is 0.913. The van der Waals surface area contributed by atoms with Gasteiger partial charge in [-0.25, -0.2) is 13.8 Å². The summed E-state index contributed by atoms with van der Waals surface area (Å²) in [6.45, 7) is 4.31. The number of hydrogen-bond donors (Lipinski definition) is 1. The second-order valence-corrected chi connectivity index (χ2v) is 4.34. The first-order valence-corrected chi connectivity index (χ1v) is 6.54. The van der Waals surface area contributed by atoms with Gasteiger partial charge in [0.15, 0.2) is 11.6 Å². The minimum Gasteiger partial charge on any atom is -0.349 e. The number of anilines is 1. The van der Waals surface area contributed by atoms with Crippen molar-refractivity contribution in [2.45, 2.75) is 33.2 Å². The molecule has 0 aliphatic rings. The van der Waals surface area contributed by atoms with Crippen molar-refractivity contribution in [1.29, 1.82) is 0 Å². The largest absolute Gasteiger partial charge is 0.349 e. The molecule has 0 fully saturated rings. The van der Waals surface area contributed by atoms with Crippen molar-refractivity contribution in [1.82, 2.24) is 15.2 Å². The zero-order valence-electron chi connectivity index (χ0n) is 11.5. The van der Waals surface area contributed by atoms with Crippen LogP contribution in [0.25, 0.3) is 0 Å². The van der Waals surface area contributed by atoms with Crippen LogP contribution in [-0.2, 0) is 19.4 Å². The summed E-state index contributed by atoms with van der Waals surface area (Å²) in [5.41, 5.74) is 2.39. The summed E-state index contributed by atoms with van der Waals surface area (Å²) in [5.74, 6) is -1.32. The van der Waals surface area contributed by atoms with Crippen molar-refractivity contribution in [3.63, 3.8) is 0 Å². The normalized spacial score (nSPS) is 10.6. The van der Waals surface area contributed by atoms with E-state index in [0.29, 0.717) is 18.1 Å². The van der Waals surface area contributed by atoms with Gasteiger partial charge in [0.05, 0.1) is 11.4 Å². The maximum absolute atomic E-state index is 13.1. The van der Waals surface area contributed by atoms with Gasteiger partial charge >= 0.3 is 0 Å². The van der Waals surface area contributed by atoms with Crippen molar-refractivity contribution in [2.24, 2.45) is 0 Å². The van der Waals surface area contributed by atoms with Crippen molar-refractivity contribution < 1.29 is 8.78 Å². The Labute approximate surface area is 116 Å². The number of halogens is 2. The highest BCUT2D eigenvalue weighted by molar-refractivity contribution is 5.29. The number of benzene rings is 1. The van der Waals surface area contributed by atoms with Gasteiger partial charge in [-0.15, -0.1) is 5.10 Å². The molecule has 0 unspecified atom stereocenters. The molecule has 0 saturated carbocycles. The molecule has 2 rings (SSSR count). The van der Waals surface area contributed by atoms with Gasteiger partial charge in [0.25, 0.3) is 0 Å². The van der Waals surface area contributed by atoms with Crippen LogP contribution in [0, 0.1) is 11.6 Å². The number of aromatic nitrogens is 3. The van der Waals surface area contributed by atoms with E-state index in [1.165, 1.54) is 6.07 Å². The van der Waals surface area contributed by atoms with Gasteiger partial charge in [0.1, 0.15) is 0 Å². The predicted molar refractivity (Wildman–Crippen MR) is 72.3 cm³/mol. The Balaban J connectivity index is 2.08. The summed E-state index contributed by atoms with van der Waals surface area (Å²) < 4.78 is 25.9. The summed E-state index contributed by atoms with van der Waals surface area (Å²) in [4.78, 5) is 4.36. The number of rotatable bonds is 5. The highest BCUT2D eigenvalue weighted by atomic mass is 19.2. The lowest BCUT2D eigenvalue weighted by Crippen LogP contribution is -2.09. The molecule has 0 spiro atoms. The van der Waals surface area contributed by atoms with Crippen molar-refractivity contribution in [3.05, 3.63) is 46.8 Å². The van der Waals surface area contributed by atoms with Crippen LogP contribution < -0.4 is 5.32 Å². The molecule has 0 aliphatic heterocycles. The third-order valence-corrected chi connectivity index (χ3v) is 2.94. The van der Waals surface area contributed by atoms with Gasteiger partial charge in [-0.3, -0.25) is 0 Å². The van der Waals surface area contributed by atoms with Gasteiger partial charge in [-0.1, -0.05) is 19.9 Å². The number of nitrogens with zero attached hydrogens (tertiary/aromatic N) is 3. The van der Waals surface area contributed by atoms with E-state index in [4.69, 9.17) is 0 Å². The lowest BCUT2D eigenvalue weighted by Gasteiger charge is -2.08. The molecule has 0 radical (unpaired) electrons. The molecule has 1 aromatic carbocycles. The lowest BCUT2D eigenvalue weighted by molar-refractivity contribution is 0.507. The second-order valence-electron chi connectivity index (χ2n) is 4.34.